The van der Waals surface area contributed by atoms with E-state index < -0.39 is 10.0 Å². The molecule has 10 heteroatoms. The molecule has 3 aromatic rings. The van der Waals surface area contributed by atoms with Gasteiger partial charge in [-0.05, 0) is 30.7 Å². The number of hydrogen-bond donors (Lipinski definition) is 0. The van der Waals surface area contributed by atoms with Crippen LogP contribution in [0.4, 0.5) is 5.13 Å². The number of anilines is 1. The average Bonchev–Trinajstić information content (AvgIpc) is 3.01. The van der Waals surface area contributed by atoms with Gasteiger partial charge in [0.25, 0.3) is 0 Å². The van der Waals surface area contributed by atoms with E-state index in [4.69, 9.17) is 9.47 Å². The number of benzene rings is 1. The highest BCUT2D eigenvalue weighted by Crippen LogP contribution is 2.32. The van der Waals surface area contributed by atoms with Gasteiger partial charge in [-0.15, -0.1) is 0 Å². The molecule has 0 radical (unpaired) electrons. The Morgan fingerprint density at radius 2 is 1.86 bits per heavy atom. The predicted molar refractivity (Wildman–Crippen MR) is 113 cm³/mol. The first-order valence-corrected chi connectivity index (χ1v) is 11.5. The zero-order valence-electron chi connectivity index (χ0n) is 16.2. The van der Waals surface area contributed by atoms with Crippen molar-refractivity contribution in [2.24, 2.45) is 0 Å². The van der Waals surface area contributed by atoms with Crippen LogP contribution in [0.25, 0.3) is 10.3 Å². The number of ether oxygens (including phenoxy) is 2. The molecule has 154 valence electrons. The molecule has 29 heavy (non-hydrogen) atoms. The molecule has 1 aliphatic rings. The first-order chi connectivity index (χ1) is 14.0. The van der Waals surface area contributed by atoms with Crippen LogP contribution in [-0.4, -0.2) is 63.1 Å². The van der Waals surface area contributed by atoms with Gasteiger partial charge in [0.05, 0.1) is 19.1 Å². The van der Waals surface area contributed by atoms with Crippen LogP contribution in [0.3, 0.4) is 0 Å². The summed E-state index contributed by atoms with van der Waals surface area (Å²) in [6.45, 7) is 2.17. The van der Waals surface area contributed by atoms with Crippen molar-refractivity contribution in [2.45, 2.75) is 11.3 Å². The van der Waals surface area contributed by atoms with Gasteiger partial charge < -0.3 is 14.4 Å². The number of fused-ring (bicyclic) bond motifs is 1. The molecule has 0 amide bonds. The van der Waals surface area contributed by atoms with E-state index in [9.17, 15) is 8.42 Å². The lowest BCUT2D eigenvalue weighted by atomic mass is 10.3. The second-order valence-electron chi connectivity index (χ2n) is 6.59. The Morgan fingerprint density at radius 3 is 2.62 bits per heavy atom. The quantitative estimate of drug-likeness (QED) is 0.610. The molecule has 0 unspecified atom stereocenters. The number of pyridine rings is 1. The van der Waals surface area contributed by atoms with E-state index in [1.165, 1.54) is 35.9 Å². The van der Waals surface area contributed by atoms with Crippen molar-refractivity contribution >= 4 is 36.8 Å². The van der Waals surface area contributed by atoms with Crippen molar-refractivity contribution in [2.75, 3.05) is 45.3 Å². The van der Waals surface area contributed by atoms with Crippen molar-refractivity contribution < 1.29 is 17.9 Å². The van der Waals surface area contributed by atoms with Crippen molar-refractivity contribution in [3.05, 3.63) is 36.5 Å². The van der Waals surface area contributed by atoms with Crippen LogP contribution in [-0.2, 0) is 10.0 Å². The summed E-state index contributed by atoms with van der Waals surface area (Å²) >= 11 is 1.53. The van der Waals surface area contributed by atoms with E-state index in [0.717, 1.165) is 28.4 Å². The highest BCUT2D eigenvalue weighted by Gasteiger charge is 2.28. The molecule has 1 aliphatic heterocycles. The topological polar surface area (TPSA) is 84.9 Å². The third-order valence-electron chi connectivity index (χ3n) is 4.87. The molecule has 0 atom stereocenters. The molecular formula is C19H22N4O4S2. The molecule has 0 bridgehead atoms. The fourth-order valence-corrected chi connectivity index (χ4v) is 5.79. The van der Waals surface area contributed by atoms with E-state index in [1.54, 1.807) is 18.3 Å². The maximum Gasteiger partial charge on any atom is 0.243 e. The van der Waals surface area contributed by atoms with Crippen molar-refractivity contribution in [1.29, 1.82) is 0 Å². The summed E-state index contributed by atoms with van der Waals surface area (Å²) in [6.07, 6.45) is 2.47. The molecule has 0 N–H and O–H groups in total. The van der Waals surface area contributed by atoms with E-state index in [0.29, 0.717) is 31.1 Å². The summed E-state index contributed by atoms with van der Waals surface area (Å²) in [4.78, 5) is 12.2. The number of hydrogen-bond acceptors (Lipinski definition) is 8. The minimum atomic E-state index is -3.63. The van der Waals surface area contributed by atoms with Crippen LogP contribution < -0.4 is 14.4 Å². The SMILES string of the molecule is COc1ccc(S(=O)(=O)N2CCCN(c3nc4cccnc4s3)CC2)cc1OC. The Hall–Kier alpha value is -2.43. The van der Waals surface area contributed by atoms with Gasteiger partial charge in [-0.25, -0.2) is 18.4 Å². The van der Waals surface area contributed by atoms with Crippen LogP contribution >= 0.6 is 11.3 Å². The Balaban J connectivity index is 1.54. The van der Waals surface area contributed by atoms with Crippen molar-refractivity contribution in [3.63, 3.8) is 0 Å². The van der Waals surface area contributed by atoms with Gasteiger partial charge in [0.2, 0.25) is 10.0 Å². The summed E-state index contributed by atoms with van der Waals surface area (Å²) in [6, 6.07) is 8.48. The molecule has 8 nitrogen and oxygen atoms in total. The molecule has 1 aromatic carbocycles. The van der Waals surface area contributed by atoms with Gasteiger partial charge in [-0.1, -0.05) is 11.3 Å². The highest BCUT2D eigenvalue weighted by molar-refractivity contribution is 7.89. The molecule has 2 aromatic heterocycles. The van der Waals surface area contributed by atoms with Crippen molar-refractivity contribution in [1.82, 2.24) is 14.3 Å². The van der Waals surface area contributed by atoms with E-state index in [2.05, 4.69) is 14.9 Å². The summed E-state index contributed by atoms with van der Waals surface area (Å²) in [7, 11) is -0.620. The molecule has 0 spiro atoms. The molecule has 3 heterocycles. The summed E-state index contributed by atoms with van der Waals surface area (Å²) < 4.78 is 38.4. The monoisotopic (exact) mass is 434 g/mol. The number of nitrogens with zero attached hydrogens (tertiary/aromatic N) is 4. The fraction of sp³-hybridized carbons (Fsp3) is 0.368. The van der Waals surface area contributed by atoms with Gasteiger partial charge in [0, 0.05) is 38.4 Å². The van der Waals surface area contributed by atoms with E-state index in [1.807, 2.05) is 12.1 Å². The number of sulfonamides is 1. The minimum absolute atomic E-state index is 0.202. The Bertz CT molecular complexity index is 1080. The number of methoxy groups -OCH3 is 2. The first-order valence-electron chi connectivity index (χ1n) is 9.21. The lowest BCUT2D eigenvalue weighted by Gasteiger charge is -2.21. The third-order valence-corrected chi connectivity index (χ3v) is 7.81. The molecular weight excluding hydrogens is 412 g/mol. The largest absolute Gasteiger partial charge is 0.493 e. The van der Waals surface area contributed by atoms with Gasteiger partial charge >= 0.3 is 0 Å². The summed E-state index contributed by atoms with van der Waals surface area (Å²) in [5, 5.41) is 0.879. The standard InChI is InChI=1S/C19H22N4O4S2/c1-26-16-7-6-14(13-17(16)27-2)29(24,25)23-10-4-9-22(11-12-23)19-21-15-5-3-8-20-18(15)28-19/h3,5-8,13H,4,9-12H2,1-2H3. The second-order valence-corrected chi connectivity index (χ2v) is 9.48. The fourth-order valence-electron chi connectivity index (χ4n) is 3.35. The lowest BCUT2D eigenvalue weighted by Crippen LogP contribution is -2.35. The molecule has 4 rings (SSSR count). The number of rotatable bonds is 5. The van der Waals surface area contributed by atoms with E-state index >= 15 is 0 Å². The molecule has 0 aliphatic carbocycles. The van der Waals surface area contributed by atoms with E-state index in [-0.39, 0.29) is 4.90 Å². The Labute approximate surface area is 173 Å². The lowest BCUT2D eigenvalue weighted by molar-refractivity contribution is 0.353. The maximum atomic E-state index is 13.2. The zero-order chi connectivity index (χ0) is 20.4. The summed E-state index contributed by atoms with van der Waals surface area (Å²) in [5.74, 6) is 0.893. The predicted octanol–water partition coefficient (Wildman–Crippen LogP) is 2.61. The van der Waals surface area contributed by atoms with Crippen LogP contribution in [0.5, 0.6) is 11.5 Å². The maximum absolute atomic E-state index is 13.2. The Kier molecular flexibility index (Phi) is 5.57. The Morgan fingerprint density at radius 1 is 1.03 bits per heavy atom. The van der Waals surface area contributed by atoms with Gasteiger partial charge in [0.15, 0.2) is 16.6 Å². The van der Waals surface area contributed by atoms with Crippen LogP contribution in [0.1, 0.15) is 6.42 Å². The molecule has 1 fully saturated rings. The van der Waals surface area contributed by atoms with Gasteiger partial charge in [0.1, 0.15) is 10.3 Å². The van der Waals surface area contributed by atoms with Crippen LogP contribution in [0, 0.1) is 0 Å². The molecule has 1 saturated heterocycles. The third kappa shape index (κ3) is 3.87. The smallest absolute Gasteiger partial charge is 0.243 e. The first kappa shape index (κ1) is 19.9. The zero-order valence-corrected chi connectivity index (χ0v) is 17.9. The number of thiazole rings is 1. The van der Waals surface area contributed by atoms with Gasteiger partial charge in [-0.3, -0.25) is 0 Å². The second kappa shape index (κ2) is 8.13. The average molecular weight is 435 g/mol. The molecule has 0 saturated carbocycles. The van der Waals surface area contributed by atoms with Crippen LogP contribution in [0.2, 0.25) is 0 Å². The minimum Gasteiger partial charge on any atom is -0.493 e. The highest BCUT2D eigenvalue weighted by atomic mass is 32.2. The van der Waals surface area contributed by atoms with Crippen LogP contribution in [0.15, 0.2) is 41.4 Å². The van der Waals surface area contributed by atoms with Gasteiger partial charge in [-0.2, -0.15) is 4.31 Å². The van der Waals surface area contributed by atoms with Crippen molar-refractivity contribution in [3.8, 4) is 11.5 Å². The normalized spacial score (nSPS) is 16.0. The summed E-state index contributed by atoms with van der Waals surface area (Å²) in [5.41, 5.74) is 0.867. The number of aromatic nitrogens is 2.